The second-order valence-corrected chi connectivity index (χ2v) is 5.53. The fourth-order valence-electron chi connectivity index (χ4n) is 2.35. The highest BCUT2D eigenvalue weighted by molar-refractivity contribution is 5.92. The van der Waals surface area contributed by atoms with Crippen molar-refractivity contribution in [3.8, 4) is 5.75 Å². The van der Waals surface area contributed by atoms with Crippen LogP contribution in [0.5, 0.6) is 5.75 Å². The van der Waals surface area contributed by atoms with Crippen LogP contribution in [0.3, 0.4) is 0 Å². The molecule has 0 saturated carbocycles. The van der Waals surface area contributed by atoms with Gasteiger partial charge in [-0.05, 0) is 29.8 Å². The molecule has 0 atom stereocenters. The van der Waals surface area contributed by atoms with Crippen molar-refractivity contribution in [2.75, 3.05) is 18.6 Å². The zero-order valence-corrected chi connectivity index (χ0v) is 14.3. The molecular weight excluding hydrogens is 323 g/mol. The smallest absolute Gasteiger partial charge is 0.223 e. The Morgan fingerprint density at radius 2 is 1.88 bits per heavy atom. The zero-order valence-electron chi connectivity index (χ0n) is 14.3. The highest BCUT2D eigenvalue weighted by Crippen LogP contribution is 2.21. The van der Waals surface area contributed by atoms with Crippen LogP contribution in [0.15, 0.2) is 48.5 Å². The van der Waals surface area contributed by atoms with Gasteiger partial charge in [0.2, 0.25) is 11.8 Å². The van der Waals surface area contributed by atoms with Crippen molar-refractivity contribution < 1.29 is 18.7 Å². The summed E-state index contributed by atoms with van der Waals surface area (Å²) in [5.41, 5.74) is 1.49. The van der Waals surface area contributed by atoms with E-state index in [0.29, 0.717) is 18.0 Å². The van der Waals surface area contributed by atoms with E-state index in [9.17, 15) is 14.0 Å². The van der Waals surface area contributed by atoms with Crippen molar-refractivity contribution in [2.45, 2.75) is 19.9 Å². The molecule has 25 heavy (non-hydrogen) atoms. The molecule has 0 bridgehead atoms. The van der Waals surface area contributed by atoms with Gasteiger partial charge in [-0.1, -0.05) is 18.2 Å². The van der Waals surface area contributed by atoms with Gasteiger partial charge >= 0.3 is 0 Å². The number of ether oxygens (including phenoxy) is 1. The van der Waals surface area contributed by atoms with Crippen molar-refractivity contribution in [1.82, 2.24) is 5.32 Å². The number of hydrogen-bond donors (Lipinski definition) is 1. The lowest BCUT2D eigenvalue weighted by atomic mass is 10.2. The molecule has 0 aliphatic rings. The number of hydrogen-bond acceptors (Lipinski definition) is 3. The highest BCUT2D eigenvalue weighted by Gasteiger charge is 2.14. The summed E-state index contributed by atoms with van der Waals surface area (Å²) < 4.78 is 18.0. The molecule has 0 aliphatic heterocycles. The van der Waals surface area contributed by atoms with Crippen molar-refractivity contribution in [3.05, 3.63) is 59.9 Å². The number of methoxy groups -OCH3 is 1. The molecule has 132 valence electrons. The van der Waals surface area contributed by atoms with E-state index in [1.807, 2.05) is 0 Å². The van der Waals surface area contributed by atoms with Crippen LogP contribution in [0.25, 0.3) is 0 Å². The maximum absolute atomic E-state index is 12.9. The first kappa shape index (κ1) is 18.4. The third-order valence-corrected chi connectivity index (χ3v) is 3.71. The lowest BCUT2D eigenvalue weighted by Gasteiger charge is -2.21. The SMILES string of the molecule is COc1cccc(N(CCC(=O)NCc2ccc(F)cc2)C(C)=O)c1. The van der Waals surface area contributed by atoms with Gasteiger partial charge in [0, 0.05) is 38.2 Å². The van der Waals surface area contributed by atoms with Gasteiger partial charge in [0.1, 0.15) is 11.6 Å². The molecule has 5 nitrogen and oxygen atoms in total. The Morgan fingerprint density at radius 1 is 1.16 bits per heavy atom. The van der Waals surface area contributed by atoms with Gasteiger partial charge in [-0.25, -0.2) is 4.39 Å². The normalized spacial score (nSPS) is 10.2. The Morgan fingerprint density at radius 3 is 2.52 bits per heavy atom. The Kier molecular flexibility index (Phi) is 6.51. The Balaban J connectivity index is 1.90. The van der Waals surface area contributed by atoms with E-state index < -0.39 is 0 Å². The summed E-state index contributed by atoms with van der Waals surface area (Å²) in [6.45, 7) is 2.03. The van der Waals surface area contributed by atoms with Gasteiger partial charge in [-0.2, -0.15) is 0 Å². The molecular formula is C19H21FN2O3. The third kappa shape index (κ3) is 5.60. The number of rotatable bonds is 7. The van der Waals surface area contributed by atoms with E-state index in [1.165, 1.54) is 24.0 Å². The summed E-state index contributed by atoms with van der Waals surface area (Å²) >= 11 is 0. The standard InChI is InChI=1S/C19H21FN2O3/c1-14(23)22(17-4-3-5-18(12-17)25-2)11-10-19(24)21-13-15-6-8-16(20)9-7-15/h3-9,12H,10-11,13H2,1-2H3,(H,21,24). The molecule has 0 aromatic heterocycles. The second kappa shape index (κ2) is 8.82. The Hall–Kier alpha value is -2.89. The summed E-state index contributed by atoms with van der Waals surface area (Å²) in [7, 11) is 1.56. The summed E-state index contributed by atoms with van der Waals surface area (Å²) in [4.78, 5) is 25.4. The molecule has 0 unspecified atom stereocenters. The van der Waals surface area contributed by atoms with E-state index in [-0.39, 0.29) is 30.6 Å². The first-order chi connectivity index (χ1) is 12.0. The van der Waals surface area contributed by atoms with Crippen molar-refractivity contribution in [3.63, 3.8) is 0 Å². The molecule has 0 spiro atoms. The van der Waals surface area contributed by atoms with Crippen LogP contribution in [0.2, 0.25) is 0 Å². The average Bonchev–Trinajstić information content (AvgIpc) is 2.61. The van der Waals surface area contributed by atoms with Gasteiger partial charge in [-0.3, -0.25) is 9.59 Å². The van der Waals surface area contributed by atoms with Crippen LogP contribution in [-0.2, 0) is 16.1 Å². The Bertz CT molecular complexity index is 732. The number of nitrogens with zero attached hydrogens (tertiary/aromatic N) is 1. The number of benzene rings is 2. The largest absolute Gasteiger partial charge is 0.497 e. The van der Waals surface area contributed by atoms with Crippen LogP contribution in [0.4, 0.5) is 10.1 Å². The summed E-state index contributed by atoms with van der Waals surface area (Å²) in [6.07, 6.45) is 0.165. The van der Waals surface area contributed by atoms with E-state index in [0.717, 1.165) is 5.56 Å². The van der Waals surface area contributed by atoms with E-state index in [2.05, 4.69) is 5.32 Å². The minimum Gasteiger partial charge on any atom is -0.497 e. The number of carbonyl (C=O) groups is 2. The van der Waals surface area contributed by atoms with Crippen molar-refractivity contribution in [2.24, 2.45) is 0 Å². The van der Waals surface area contributed by atoms with Crippen LogP contribution >= 0.6 is 0 Å². The molecule has 0 saturated heterocycles. The number of nitrogens with one attached hydrogen (secondary N) is 1. The minimum atomic E-state index is -0.314. The fraction of sp³-hybridized carbons (Fsp3) is 0.263. The van der Waals surface area contributed by atoms with Crippen LogP contribution in [0.1, 0.15) is 18.9 Å². The van der Waals surface area contributed by atoms with Gasteiger partial charge in [-0.15, -0.1) is 0 Å². The van der Waals surface area contributed by atoms with Crippen LogP contribution < -0.4 is 15.0 Å². The fourth-order valence-corrected chi connectivity index (χ4v) is 2.35. The molecule has 0 heterocycles. The number of halogens is 1. The lowest BCUT2D eigenvalue weighted by molar-refractivity contribution is -0.121. The first-order valence-corrected chi connectivity index (χ1v) is 7.93. The molecule has 2 aromatic rings. The van der Waals surface area contributed by atoms with Crippen LogP contribution in [0, 0.1) is 5.82 Å². The third-order valence-electron chi connectivity index (χ3n) is 3.71. The maximum atomic E-state index is 12.9. The van der Waals surface area contributed by atoms with Crippen molar-refractivity contribution >= 4 is 17.5 Å². The van der Waals surface area contributed by atoms with E-state index in [4.69, 9.17) is 4.74 Å². The molecule has 0 aliphatic carbocycles. The summed E-state index contributed by atoms with van der Waals surface area (Å²) in [5.74, 6) is -0.00645. The monoisotopic (exact) mass is 344 g/mol. The molecule has 2 amide bonds. The number of anilines is 1. The summed E-state index contributed by atoms with van der Waals surface area (Å²) in [6, 6.07) is 13.1. The topological polar surface area (TPSA) is 58.6 Å². The molecule has 2 aromatic carbocycles. The van der Waals surface area contributed by atoms with Crippen molar-refractivity contribution in [1.29, 1.82) is 0 Å². The minimum absolute atomic E-state index is 0.153. The van der Waals surface area contributed by atoms with Gasteiger partial charge in [0.25, 0.3) is 0 Å². The van der Waals surface area contributed by atoms with E-state index >= 15 is 0 Å². The quantitative estimate of drug-likeness (QED) is 0.840. The molecule has 6 heteroatoms. The highest BCUT2D eigenvalue weighted by atomic mass is 19.1. The van der Waals surface area contributed by atoms with Gasteiger partial charge < -0.3 is 15.0 Å². The second-order valence-electron chi connectivity index (χ2n) is 5.53. The lowest BCUT2D eigenvalue weighted by Crippen LogP contribution is -2.33. The van der Waals surface area contributed by atoms with Crippen LogP contribution in [-0.4, -0.2) is 25.5 Å². The Labute approximate surface area is 146 Å². The van der Waals surface area contributed by atoms with Gasteiger partial charge in [0.05, 0.1) is 7.11 Å². The molecule has 0 fully saturated rings. The molecule has 2 rings (SSSR count). The zero-order chi connectivity index (χ0) is 18.2. The maximum Gasteiger partial charge on any atom is 0.223 e. The first-order valence-electron chi connectivity index (χ1n) is 7.93. The predicted molar refractivity (Wildman–Crippen MR) is 93.9 cm³/mol. The van der Waals surface area contributed by atoms with Gasteiger partial charge in [0.15, 0.2) is 0 Å². The molecule has 0 radical (unpaired) electrons. The average molecular weight is 344 g/mol. The predicted octanol–water partition coefficient (Wildman–Crippen LogP) is 2.89. The number of amides is 2. The summed E-state index contributed by atoms with van der Waals surface area (Å²) in [5, 5.41) is 2.76. The van der Waals surface area contributed by atoms with E-state index in [1.54, 1.807) is 43.5 Å². The molecule has 1 N–H and O–H groups in total. The number of carbonyl (C=O) groups excluding carboxylic acids is 2.